The molecule has 1 aliphatic heterocycles. The summed E-state index contributed by atoms with van der Waals surface area (Å²) in [5.74, 6) is 0.382. The van der Waals surface area contributed by atoms with E-state index in [1.165, 1.54) is 21.3 Å². The van der Waals surface area contributed by atoms with Crippen LogP contribution in [0.25, 0.3) is 0 Å². The van der Waals surface area contributed by atoms with Gasteiger partial charge in [0, 0.05) is 34.9 Å². The molecule has 0 fully saturated rings. The van der Waals surface area contributed by atoms with Gasteiger partial charge < -0.3 is 28.4 Å². The molecule has 2 aliphatic rings. The van der Waals surface area contributed by atoms with E-state index in [0.29, 0.717) is 57.7 Å². The molecule has 0 radical (unpaired) electrons. The first-order valence-corrected chi connectivity index (χ1v) is 12.8. The molecule has 1 unspecified atom stereocenters. The summed E-state index contributed by atoms with van der Waals surface area (Å²) in [4.78, 5) is 32.1. The number of Topliss-reactive ketones (excluding diaryl/α,β-unsaturated/α-hetero) is 1. The second kappa shape index (κ2) is 11.8. The van der Waals surface area contributed by atoms with Gasteiger partial charge in [0.15, 0.2) is 28.8 Å². The van der Waals surface area contributed by atoms with Crippen molar-refractivity contribution in [2.45, 2.75) is 38.5 Å². The number of esters is 1. The van der Waals surface area contributed by atoms with Gasteiger partial charge in [0.1, 0.15) is 5.92 Å². The lowest BCUT2D eigenvalue weighted by atomic mass is 9.69. The van der Waals surface area contributed by atoms with Crippen LogP contribution < -0.4 is 23.7 Å². The Morgan fingerprint density at radius 2 is 1.54 bits per heavy atom. The highest BCUT2D eigenvalue weighted by atomic mass is 16.5. The maximum atomic E-state index is 14.0. The second-order valence-electron chi connectivity index (χ2n) is 9.39. The number of carbonyl (C=O) groups excluding carboxylic acids is 2. The minimum absolute atomic E-state index is 0.0802. The Hall–Kier alpha value is -4.01. The predicted octanol–water partition coefficient (Wildman–Crippen LogP) is 4.87. The summed E-state index contributed by atoms with van der Waals surface area (Å²) in [5, 5.41) is 0. The Kier molecular flexibility index (Phi) is 8.47. The van der Waals surface area contributed by atoms with Crippen molar-refractivity contribution in [3.63, 3.8) is 0 Å². The average Bonchev–Trinajstić information content (AvgIpc) is 2.94. The first-order chi connectivity index (χ1) is 18.8. The number of methoxy groups -OCH3 is 5. The van der Waals surface area contributed by atoms with Crippen molar-refractivity contribution in [3.05, 3.63) is 52.7 Å². The molecule has 0 spiro atoms. The molecule has 1 aliphatic carbocycles. The number of allylic oxidation sites excluding steroid dienone is 2. The van der Waals surface area contributed by atoms with Crippen LogP contribution in [0.4, 0.5) is 0 Å². The molecular formula is C30H35NO8. The van der Waals surface area contributed by atoms with Crippen LogP contribution in [-0.4, -0.2) is 59.6 Å². The quantitative estimate of drug-likeness (QED) is 0.418. The lowest BCUT2D eigenvalue weighted by Crippen LogP contribution is -2.38. The molecule has 208 valence electrons. The van der Waals surface area contributed by atoms with E-state index in [-0.39, 0.29) is 24.7 Å². The van der Waals surface area contributed by atoms with Crippen LogP contribution in [0.15, 0.2) is 46.6 Å². The van der Waals surface area contributed by atoms with Crippen LogP contribution in [0, 0.1) is 5.92 Å². The molecule has 0 saturated carbocycles. The third-order valence-electron chi connectivity index (χ3n) is 7.38. The standard InChI is InChI=1S/C30H35NO8/c1-8-39-30(33)25-16(2)31-20-13-18(17-9-11-22(34-3)24(15-17)36-5)14-21(32)27(20)26(25)19-10-12-23(35-4)29(38-7)28(19)37-6/h9-12,15,18,25-26H,8,13-14H2,1-7H3/t18-,25?,26+/m1/s1. The molecular weight excluding hydrogens is 502 g/mol. The lowest BCUT2D eigenvalue weighted by molar-refractivity contribution is -0.146. The predicted molar refractivity (Wildman–Crippen MR) is 146 cm³/mol. The average molecular weight is 538 g/mol. The van der Waals surface area contributed by atoms with Crippen LogP contribution in [0.2, 0.25) is 0 Å². The van der Waals surface area contributed by atoms with E-state index >= 15 is 0 Å². The molecule has 2 aromatic rings. The maximum absolute atomic E-state index is 14.0. The summed E-state index contributed by atoms with van der Waals surface area (Å²) < 4.78 is 33.2. The van der Waals surface area contributed by atoms with E-state index in [1.807, 2.05) is 24.3 Å². The van der Waals surface area contributed by atoms with E-state index in [1.54, 1.807) is 34.1 Å². The van der Waals surface area contributed by atoms with E-state index in [9.17, 15) is 9.59 Å². The van der Waals surface area contributed by atoms with Crippen LogP contribution in [0.5, 0.6) is 28.7 Å². The van der Waals surface area contributed by atoms with Gasteiger partial charge >= 0.3 is 5.97 Å². The molecule has 1 heterocycles. The third-order valence-corrected chi connectivity index (χ3v) is 7.38. The Bertz CT molecular complexity index is 1330. The number of hydrogen-bond donors (Lipinski definition) is 0. The zero-order valence-corrected chi connectivity index (χ0v) is 23.5. The van der Waals surface area contributed by atoms with E-state index in [4.69, 9.17) is 33.4 Å². The first kappa shape index (κ1) is 28.0. The van der Waals surface area contributed by atoms with Crippen LogP contribution in [-0.2, 0) is 14.3 Å². The Morgan fingerprint density at radius 1 is 0.872 bits per heavy atom. The van der Waals surface area contributed by atoms with Crippen molar-refractivity contribution in [1.29, 1.82) is 0 Å². The minimum atomic E-state index is -0.794. The van der Waals surface area contributed by atoms with Crippen molar-refractivity contribution in [2.24, 2.45) is 10.9 Å². The van der Waals surface area contributed by atoms with Gasteiger partial charge in [0.2, 0.25) is 5.75 Å². The summed E-state index contributed by atoms with van der Waals surface area (Å²) in [6, 6.07) is 9.25. The minimum Gasteiger partial charge on any atom is -0.493 e. The molecule has 0 amide bonds. The van der Waals surface area contributed by atoms with Gasteiger partial charge in [-0.2, -0.15) is 0 Å². The number of hydrogen-bond acceptors (Lipinski definition) is 9. The van der Waals surface area contributed by atoms with Crippen molar-refractivity contribution in [2.75, 3.05) is 42.2 Å². The molecule has 9 heteroatoms. The Morgan fingerprint density at radius 3 is 2.15 bits per heavy atom. The number of nitrogens with zero attached hydrogens (tertiary/aromatic N) is 1. The third kappa shape index (κ3) is 5.05. The van der Waals surface area contributed by atoms with Gasteiger partial charge in [-0.05, 0) is 49.9 Å². The molecule has 0 N–H and O–H groups in total. The van der Waals surface area contributed by atoms with E-state index in [0.717, 1.165) is 5.56 Å². The number of carbonyl (C=O) groups is 2. The second-order valence-corrected chi connectivity index (χ2v) is 9.39. The summed E-state index contributed by atoms with van der Waals surface area (Å²) >= 11 is 0. The molecule has 2 aromatic carbocycles. The van der Waals surface area contributed by atoms with Crippen LogP contribution >= 0.6 is 0 Å². The largest absolute Gasteiger partial charge is 0.493 e. The monoisotopic (exact) mass is 537 g/mol. The number of aliphatic imine (C=N–C) groups is 1. The molecule has 0 aromatic heterocycles. The van der Waals surface area contributed by atoms with Crippen molar-refractivity contribution in [3.8, 4) is 28.7 Å². The van der Waals surface area contributed by atoms with Crippen molar-refractivity contribution in [1.82, 2.24) is 0 Å². The molecule has 0 bridgehead atoms. The van der Waals surface area contributed by atoms with Gasteiger partial charge in [-0.15, -0.1) is 0 Å². The highest BCUT2D eigenvalue weighted by Gasteiger charge is 2.46. The highest BCUT2D eigenvalue weighted by molar-refractivity contribution is 6.09. The zero-order chi connectivity index (χ0) is 28.3. The molecule has 3 atom stereocenters. The summed E-state index contributed by atoms with van der Waals surface area (Å²) in [6.07, 6.45) is 0.778. The number of benzene rings is 2. The summed E-state index contributed by atoms with van der Waals surface area (Å²) in [6.45, 7) is 3.76. The van der Waals surface area contributed by atoms with Crippen molar-refractivity contribution < 1.29 is 38.0 Å². The fourth-order valence-corrected chi connectivity index (χ4v) is 5.64. The van der Waals surface area contributed by atoms with Gasteiger partial charge in [0.05, 0.1) is 42.2 Å². The van der Waals surface area contributed by atoms with Crippen LogP contribution in [0.3, 0.4) is 0 Å². The number of ether oxygens (including phenoxy) is 6. The zero-order valence-electron chi connectivity index (χ0n) is 23.5. The summed E-state index contributed by atoms with van der Waals surface area (Å²) in [5.41, 5.74) is 3.32. The SMILES string of the molecule is CCOC(=O)C1C(C)=NC2=C(C(=O)C[C@H](c3ccc(OC)c(OC)c3)C2)[C@H]1c1ccc(OC)c(OC)c1OC. The fraction of sp³-hybridized carbons (Fsp3) is 0.433. The molecule has 4 rings (SSSR count). The first-order valence-electron chi connectivity index (χ1n) is 12.8. The molecule has 9 nitrogen and oxygen atoms in total. The number of rotatable bonds is 9. The van der Waals surface area contributed by atoms with Gasteiger partial charge in [-0.25, -0.2) is 0 Å². The molecule has 0 saturated heterocycles. The maximum Gasteiger partial charge on any atom is 0.315 e. The topological polar surface area (TPSA) is 102 Å². The Labute approximate surface area is 228 Å². The highest BCUT2D eigenvalue weighted by Crippen LogP contribution is 2.52. The van der Waals surface area contributed by atoms with Crippen molar-refractivity contribution >= 4 is 17.5 Å². The van der Waals surface area contributed by atoms with Gasteiger partial charge in [-0.3, -0.25) is 14.6 Å². The Balaban J connectivity index is 1.87. The summed E-state index contributed by atoms with van der Waals surface area (Å²) in [7, 11) is 7.75. The number of ketones is 1. The normalized spacial score (nSPS) is 20.5. The van der Waals surface area contributed by atoms with Gasteiger partial charge in [-0.1, -0.05) is 12.1 Å². The van der Waals surface area contributed by atoms with E-state index < -0.39 is 17.8 Å². The lowest BCUT2D eigenvalue weighted by Gasteiger charge is -2.37. The van der Waals surface area contributed by atoms with Crippen LogP contribution in [0.1, 0.15) is 49.7 Å². The smallest absolute Gasteiger partial charge is 0.315 e. The molecule has 39 heavy (non-hydrogen) atoms. The fourth-order valence-electron chi connectivity index (χ4n) is 5.64. The van der Waals surface area contributed by atoms with Gasteiger partial charge in [0.25, 0.3) is 0 Å². The van der Waals surface area contributed by atoms with E-state index in [2.05, 4.69) is 0 Å².